The zero-order chi connectivity index (χ0) is 14.3. The molecule has 0 aliphatic heterocycles. The second kappa shape index (κ2) is 7.67. The Labute approximate surface area is 115 Å². The standard InChI is InChI=1S/C15H25N3O/c1-3-5-7-12(6-4-2)18-15(19)13-9-8-11(16)10-14(13)17/h8-10,12H,3-7,16-17H2,1-2H3,(H,18,19). The fourth-order valence-electron chi connectivity index (χ4n) is 2.14. The summed E-state index contributed by atoms with van der Waals surface area (Å²) in [4.78, 5) is 12.2. The second-order valence-corrected chi connectivity index (χ2v) is 4.95. The van der Waals surface area contributed by atoms with Crippen molar-refractivity contribution in [3.8, 4) is 0 Å². The molecule has 19 heavy (non-hydrogen) atoms. The summed E-state index contributed by atoms with van der Waals surface area (Å²) in [6, 6.07) is 5.24. The summed E-state index contributed by atoms with van der Waals surface area (Å²) >= 11 is 0. The average molecular weight is 263 g/mol. The summed E-state index contributed by atoms with van der Waals surface area (Å²) < 4.78 is 0. The summed E-state index contributed by atoms with van der Waals surface area (Å²) in [5, 5.41) is 3.07. The van der Waals surface area contributed by atoms with Crippen molar-refractivity contribution in [2.75, 3.05) is 11.5 Å². The molecule has 0 bridgehead atoms. The molecule has 0 saturated heterocycles. The number of unbranched alkanes of at least 4 members (excludes halogenated alkanes) is 1. The molecule has 0 aliphatic rings. The van der Waals surface area contributed by atoms with Crippen molar-refractivity contribution in [2.45, 2.75) is 52.0 Å². The highest BCUT2D eigenvalue weighted by atomic mass is 16.1. The molecule has 0 saturated carbocycles. The van der Waals surface area contributed by atoms with E-state index in [9.17, 15) is 4.79 Å². The molecule has 0 aromatic heterocycles. The first-order valence-electron chi connectivity index (χ1n) is 7.04. The number of hydrogen-bond acceptors (Lipinski definition) is 3. The van der Waals surface area contributed by atoms with Gasteiger partial charge in [0, 0.05) is 17.4 Å². The Hall–Kier alpha value is -1.71. The maximum atomic E-state index is 12.2. The number of carbonyl (C=O) groups is 1. The van der Waals surface area contributed by atoms with Crippen molar-refractivity contribution in [1.29, 1.82) is 0 Å². The van der Waals surface area contributed by atoms with Gasteiger partial charge in [0.15, 0.2) is 0 Å². The van der Waals surface area contributed by atoms with Gasteiger partial charge in [-0.3, -0.25) is 4.79 Å². The van der Waals surface area contributed by atoms with E-state index in [4.69, 9.17) is 11.5 Å². The summed E-state index contributed by atoms with van der Waals surface area (Å²) in [5.41, 5.74) is 13.0. The zero-order valence-electron chi connectivity index (χ0n) is 11.9. The maximum absolute atomic E-state index is 12.2. The molecule has 0 radical (unpaired) electrons. The number of nitrogens with one attached hydrogen (secondary N) is 1. The lowest BCUT2D eigenvalue weighted by molar-refractivity contribution is 0.0933. The molecule has 1 unspecified atom stereocenters. The fourth-order valence-corrected chi connectivity index (χ4v) is 2.14. The molecule has 4 nitrogen and oxygen atoms in total. The van der Waals surface area contributed by atoms with Crippen LogP contribution in [0.1, 0.15) is 56.3 Å². The minimum Gasteiger partial charge on any atom is -0.399 e. The smallest absolute Gasteiger partial charge is 0.253 e. The van der Waals surface area contributed by atoms with Crippen LogP contribution in [0.4, 0.5) is 11.4 Å². The third-order valence-corrected chi connectivity index (χ3v) is 3.20. The summed E-state index contributed by atoms with van der Waals surface area (Å²) in [7, 11) is 0. The summed E-state index contributed by atoms with van der Waals surface area (Å²) in [6.45, 7) is 4.28. The van der Waals surface area contributed by atoms with E-state index in [1.807, 2.05) is 0 Å². The SMILES string of the molecule is CCCCC(CCC)NC(=O)c1ccc(N)cc1N. The minimum atomic E-state index is -0.105. The van der Waals surface area contributed by atoms with Gasteiger partial charge in [-0.15, -0.1) is 0 Å². The van der Waals surface area contributed by atoms with Crippen LogP contribution >= 0.6 is 0 Å². The van der Waals surface area contributed by atoms with Crippen LogP contribution in [0.5, 0.6) is 0 Å². The van der Waals surface area contributed by atoms with E-state index in [0.29, 0.717) is 16.9 Å². The summed E-state index contributed by atoms with van der Waals surface area (Å²) in [5.74, 6) is -0.105. The van der Waals surface area contributed by atoms with Crippen LogP contribution < -0.4 is 16.8 Å². The van der Waals surface area contributed by atoms with Crippen LogP contribution in [0.2, 0.25) is 0 Å². The Balaban J connectivity index is 2.69. The van der Waals surface area contributed by atoms with Gasteiger partial charge >= 0.3 is 0 Å². The Bertz CT molecular complexity index is 418. The van der Waals surface area contributed by atoms with E-state index in [1.165, 1.54) is 0 Å². The van der Waals surface area contributed by atoms with Crippen molar-refractivity contribution in [2.24, 2.45) is 0 Å². The second-order valence-electron chi connectivity index (χ2n) is 4.95. The predicted molar refractivity (Wildman–Crippen MR) is 81.0 cm³/mol. The first-order valence-corrected chi connectivity index (χ1v) is 7.04. The Kier molecular flexibility index (Phi) is 6.19. The number of carbonyl (C=O) groups excluding carboxylic acids is 1. The molecule has 0 spiro atoms. The molecule has 1 rings (SSSR count). The quantitative estimate of drug-likeness (QED) is 0.661. The Morgan fingerprint density at radius 3 is 2.53 bits per heavy atom. The number of rotatable bonds is 7. The first-order chi connectivity index (χ1) is 9.08. The highest BCUT2D eigenvalue weighted by Gasteiger charge is 2.14. The monoisotopic (exact) mass is 263 g/mol. The van der Waals surface area contributed by atoms with Crippen molar-refractivity contribution < 1.29 is 4.79 Å². The van der Waals surface area contributed by atoms with Gasteiger partial charge in [-0.1, -0.05) is 33.1 Å². The van der Waals surface area contributed by atoms with Crippen LogP contribution in [0.3, 0.4) is 0 Å². The molecule has 0 fully saturated rings. The van der Waals surface area contributed by atoms with Gasteiger partial charge in [0.25, 0.3) is 5.91 Å². The van der Waals surface area contributed by atoms with E-state index in [0.717, 1.165) is 32.1 Å². The highest BCUT2D eigenvalue weighted by molar-refractivity contribution is 5.99. The van der Waals surface area contributed by atoms with Crippen LogP contribution in [0.15, 0.2) is 18.2 Å². The number of nitrogen functional groups attached to an aromatic ring is 2. The van der Waals surface area contributed by atoms with Crippen LogP contribution in [0, 0.1) is 0 Å². The highest BCUT2D eigenvalue weighted by Crippen LogP contribution is 2.16. The largest absolute Gasteiger partial charge is 0.399 e. The number of hydrogen-bond donors (Lipinski definition) is 3. The number of amides is 1. The summed E-state index contributed by atoms with van der Waals surface area (Å²) in [6.07, 6.45) is 5.35. The lowest BCUT2D eigenvalue weighted by atomic mass is 10.0. The van der Waals surface area contributed by atoms with E-state index >= 15 is 0 Å². The lowest BCUT2D eigenvalue weighted by Crippen LogP contribution is -2.35. The molecule has 0 aliphatic carbocycles. The third kappa shape index (κ3) is 4.81. The van der Waals surface area contributed by atoms with Gasteiger partial charge in [0.2, 0.25) is 0 Å². The van der Waals surface area contributed by atoms with E-state index in [2.05, 4.69) is 19.2 Å². The van der Waals surface area contributed by atoms with Gasteiger partial charge in [-0.25, -0.2) is 0 Å². The van der Waals surface area contributed by atoms with E-state index in [1.54, 1.807) is 18.2 Å². The molecule has 0 heterocycles. The Morgan fingerprint density at radius 1 is 1.21 bits per heavy atom. The molecule has 1 aromatic carbocycles. The van der Waals surface area contributed by atoms with Gasteiger partial charge in [0.1, 0.15) is 0 Å². The number of nitrogens with two attached hydrogens (primary N) is 2. The number of anilines is 2. The first kappa shape index (κ1) is 15.3. The molecule has 106 valence electrons. The van der Waals surface area contributed by atoms with E-state index < -0.39 is 0 Å². The van der Waals surface area contributed by atoms with Gasteiger partial charge in [-0.05, 0) is 31.0 Å². The molecule has 1 aromatic rings. The topological polar surface area (TPSA) is 81.1 Å². The molecule has 1 atom stereocenters. The van der Waals surface area contributed by atoms with E-state index in [-0.39, 0.29) is 11.9 Å². The van der Waals surface area contributed by atoms with Crippen molar-refractivity contribution >= 4 is 17.3 Å². The van der Waals surface area contributed by atoms with Gasteiger partial charge in [0.05, 0.1) is 5.56 Å². The third-order valence-electron chi connectivity index (χ3n) is 3.20. The minimum absolute atomic E-state index is 0.105. The van der Waals surface area contributed by atoms with Crippen LogP contribution in [0.25, 0.3) is 0 Å². The van der Waals surface area contributed by atoms with Crippen LogP contribution in [-0.4, -0.2) is 11.9 Å². The maximum Gasteiger partial charge on any atom is 0.253 e. The predicted octanol–water partition coefficient (Wildman–Crippen LogP) is 2.94. The van der Waals surface area contributed by atoms with Crippen LogP contribution in [-0.2, 0) is 0 Å². The van der Waals surface area contributed by atoms with Crippen molar-refractivity contribution in [3.05, 3.63) is 23.8 Å². The van der Waals surface area contributed by atoms with Gasteiger partial charge < -0.3 is 16.8 Å². The molecular weight excluding hydrogens is 238 g/mol. The normalized spacial score (nSPS) is 12.1. The average Bonchev–Trinajstić information content (AvgIpc) is 2.36. The van der Waals surface area contributed by atoms with Crippen molar-refractivity contribution in [1.82, 2.24) is 5.32 Å². The molecule has 5 N–H and O–H groups in total. The molecule has 1 amide bonds. The lowest BCUT2D eigenvalue weighted by Gasteiger charge is -2.18. The van der Waals surface area contributed by atoms with Gasteiger partial charge in [-0.2, -0.15) is 0 Å². The zero-order valence-corrected chi connectivity index (χ0v) is 11.9. The molecular formula is C15H25N3O. The number of benzene rings is 1. The van der Waals surface area contributed by atoms with Crippen molar-refractivity contribution in [3.63, 3.8) is 0 Å². The fraction of sp³-hybridized carbons (Fsp3) is 0.533. The molecule has 4 heteroatoms. The Morgan fingerprint density at radius 2 is 1.95 bits per heavy atom.